The lowest BCUT2D eigenvalue weighted by atomic mass is 10.2. The normalized spacial score (nSPS) is 12.6. The number of aromatic nitrogens is 2. The first-order chi connectivity index (χ1) is 12.1. The Kier molecular flexibility index (Phi) is 4.69. The van der Waals surface area contributed by atoms with Gasteiger partial charge in [0.25, 0.3) is 5.56 Å². The standard InChI is InChI=1S/C18H13ClN2OS3/c1-10(11-5-2-3-6-13(11)19)25-18-20-16(22)15-12(9-24-17(15)21-18)14-7-4-8-23-14/h2-10H,1H3,(H,20,21,22)/t10-/m0/s1. The van der Waals surface area contributed by atoms with Gasteiger partial charge in [0.1, 0.15) is 4.83 Å². The highest BCUT2D eigenvalue weighted by Crippen LogP contribution is 2.38. The van der Waals surface area contributed by atoms with Crippen LogP contribution in [0, 0.1) is 0 Å². The van der Waals surface area contributed by atoms with E-state index in [1.54, 1.807) is 11.3 Å². The Morgan fingerprint density at radius 3 is 2.80 bits per heavy atom. The summed E-state index contributed by atoms with van der Waals surface area (Å²) in [5, 5.41) is 6.11. The predicted octanol–water partition coefficient (Wildman–Crippen LogP) is 6.22. The Balaban J connectivity index is 1.71. The van der Waals surface area contributed by atoms with E-state index in [1.165, 1.54) is 23.1 Å². The molecular weight excluding hydrogens is 392 g/mol. The maximum atomic E-state index is 12.6. The topological polar surface area (TPSA) is 45.8 Å². The van der Waals surface area contributed by atoms with Gasteiger partial charge in [-0.15, -0.1) is 22.7 Å². The number of benzene rings is 1. The van der Waals surface area contributed by atoms with E-state index >= 15 is 0 Å². The van der Waals surface area contributed by atoms with Crippen molar-refractivity contribution < 1.29 is 0 Å². The number of halogens is 1. The van der Waals surface area contributed by atoms with Crippen molar-refractivity contribution in [1.29, 1.82) is 0 Å². The summed E-state index contributed by atoms with van der Waals surface area (Å²) >= 11 is 10.9. The maximum Gasteiger partial charge on any atom is 0.260 e. The van der Waals surface area contributed by atoms with E-state index < -0.39 is 0 Å². The smallest absolute Gasteiger partial charge is 0.260 e. The zero-order valence-corrected chi connectivity index (χ0v) is 16.4. The van der Waals surface area contributed by atoms with Crippen LogP contribution in [0.4, 0.5) is 0 Å². The highest BCUT2D eigenvalue weighted by molar-refractivity contribution is 7.99. The van der Waals surface area contributed by atoms with Crippen molar-refractivity contribution in [3.63, 3.8) is 0 Å². The lowest BCUT2D eigenvalue weighted by molar-refractivity contribution is 0.964. The first kappa shape index (κ1) is 16.8. The number of aromatic amines is 1. The Labute approximate surface area is 161 Å². The number of hydrogen-bond donors (Lipinski definition) is 1. The Bertz CT molecular complexity index is 1090. The van der Waals surface area contributed by atoms with Crippen LogP contribution in [0.15, 0.2) is 57.1 Å². The quantitative estimate of drug-likeness (QED) is 0.324. The van der Waals surface area contributed by atoms with Gasteiger partial charge >= 0.3 is 0 Å². The highest BCUT2D eigenvalue weighted by atomic mass is 35.5. The Hall–Kier alpha value is -1.60. The SMILES string of the molecule is C[C@H](Sc1nc2scc(-c3cccs3)c2c(=O)[nH]1)c1ccccc1Cl. The van der Waals surface area contributed by atoms with Gasteiger partial charge in [-0.2, -0.15) is 0 Å². The molecule has 3 aromatic heterocycles. The van der Waals surface area contributed by atoms with Crippen LogP contribution in [-0.2, 0) is 0 Å². The third kappa shape index (κ3) is 3.27. The highest BCUT2D eigenvalue weighted by Gasteiger charge is 2.16. The maximum absolute atomic E-state index is 12.6. The van der Waals surface area contributed by atoms with E-state index in [0.29, 0.717) is 10.5 Å². The van der Waals surface area contributed by atoms with Crippen LogP contribution >= 0.6 is 46.0 Å². The largest absolute Gasteiger partial charge is 0.301 e. The van der Waals surface area contributed by atoms with E-state index in [0.717, 1.165) is 25.9 Å². The minimum atomic E-state index is -0.0940. The minimum absolute atomic E-state index is 0.0889. The molecule has 25 heavy (non-hydrogen) atoms. The molecule has 4 rings (SSSR count). The molecule has 0 spiro atoms. The van der Waals surface area contributed by atoms with Crippen molar-refractivity contribution in [1.82, 2.24) is 9.97 Å². The van der Waals surface area contributed by atoms with Crippen molar-refractivity contribution in [3.05, 3.63) is 68.1 Å². The van der Waals surface area contributed by atoms with Crippen LogP contribution in [0.1, 0.15) is 17.7 Å². The van der Waals surface area contributed by atoms with Crippen molar-refractivity contribution in [2.24, 2.45) is 0 Å². The first-order valence-electron chi connectivity index (χ1n) is 7.60. The number of nitrogens with one attached hydrogen (secondary N) is 1. The number of nitrogens with zero attached hydrogens (tertiary/aromatic N) is 1. The third-order valence-corrected chi connectivity index (χ3v) is 6.98. The van der Waals surface area contributed by atoms with Crippen LogP contribution in [0.25, 0.3) is 20.7 Å². The summed E-state index contributed by atoms with van der Waals surface area (Å²) in [6.45, 7) is 2.06. The third-order valence-electron chi connectivity index (χ3n) is 3.84. The van der Waals surface area contributed by atoms with E-state index in [2.05, 4.69) is 16.9 Å². The average Bonchev–Trinajstić information content (AvgIpc) is 3.24. The summed E-state index contributed by atoms with van der Waals surface area (Å²) in [6, 6.07) is 11.8. The van der Waals surface area contributed by atoms with Crippen molar-refractivity contribution >= 4 is 56.3 Å². The molecule has 0 radical (unpaired) electrons. The molecule has 1 atom stereocenters. The molecule has 0 aliphatic rings. The number of thioether (sulfide) groups is 1. The summed E-state index contributed by atoms with van der Waals surface area (Å²) in [5.74, 6) is 0. The molecule has 0 saturated heterocycles. The van der Waals surface area contributed by atoms with E-state index in [4.69, 9.17) is 11.6 Å². The number of rotatable bonds is 4. The Morgan fingerprint density at radius 2 is 2.04 bits per heavy atom. The summed E-state index contributed by atoms with van der Waals surface area (Å²) < 4.78 is 0. The molecule has 0 aliphatic heterocycles. The fourth-order valence-electron chi connectivity index (χ4n) is 2.63. The van der Waals surface area contributed by atoms with Gasteiger partial charge in [-0.3, -0.25) is 4.79 Å². The lowest BCUT2D eigenvalue weighted by Gasteiger charge is -2.12. The second-order valence-electron chi connectivity index (χ2n) is 5.46. The van der Waals surface area contributed by atoms with Gasteiger partial charge in [-0.25, -0.2) is 4.98 Å². The molecule has 1 N–H and O–H groups in total. The molecule has 3 heterocycles. The molecule has 1 aromatic carbocycles. The first-order valence-corrected chi connectivity index (χ1v) is 10.6. The molecule has 3 nitrogen and oxygen atoms in total. The zero-order chi connectivity index (χ0) is 17.4. The molecule has 4 aromatic rings. The molecule has 0 saturated carbocycles. The van der Waals surface area contributed by atoms with Crippen molar-refractivity contribution in [3.8, 4) is 10.4 Å². The summed E-state index contributed by atoms with van der Waals surface area (Å²) in [5.41, 5.74) is 1.89. The van der Waals surface area contributed by atoms with Crippen LogP contribution in [0.5, 0.6) is 0 Å². The molecule has 0 bridgehead atoms. The minimum Gasteiger partial charge on any atom is -0.301 e. The van der Waals surface area contributed by atoms with Gasteiger partial charge in [-0.1, -0.05) is 47.6 Å². The van der Waals surface area contributed by atoms with Crippen LogP contribution in [0.3, 0.4) is 0 Å². The van der Waals surface area contributed by atoms with Crippen LogP contribution in [-0.4, -0.2) is 9.97 Å². The second-order valence-corrected chi connectivity index (χ2v) is 9.00. The number of hydrogen-bond acceptors (Lipinski definition) is 5. The summed E-state index contributed by atoms with van der Waals surface area (Å²) in [4.78, 5) is 22.1. The zero-order valence-electron chi connectivity index (χ0n) is 13.2. The molecule has 0 unspecified atom stereocenters. The summed E-state index contributed by atoms with van der Waals surface area (Å²) in [6.07, 6.45) is 0. The fraction of sp³-hybridized carbons (Fsp3) is 0.111. The fourth-order valence-corrected chi connectivity index (χ4v) is 5.78. The molecular formula is C18H13ClN2OS3. The van der Waals surface area contributed by atoms with Crippen LogP contribution < -0.4 is 5.56 Å². The van der Waals surface area contributed by atoms with E-state index in [9.17, 15) is 4.79 Å². The van der Waals surface area contributed by atoms with Gasteiger partial charge in [0, 0.05) is 26.1 Å². The molecule has 7 heteroatoms. The van der Waals surface area contributed by atoms with Gasteiger partial charge in [0.2, 0.25) is 0 Å². The van der Waals surface area contributed by atoms with Gasteiger partial charge < -0.3 is 4.98 Å². The van der Waals surface area contributed by atoms with Gasteiger partial charge in [-0.05, 0) is 30.0 Å². The average molecular weight is 405 g/mol. The lowest BCUT2D eigenvalue weighted by Crippen LogP contribution is -2.09. The van der Waals surface area contributed by atoms with Crippen molar-refractivity contribution in [2.75, 3.05) is 0 Å². The predicted molar refractivity (Wildman–Crippen MR) is 109 cm³/mol. The number of H-pyrrole nitrogens is 1. The van der Waals surface area contributed by atoms with E-state index in [-0.39, 0.29) is 10.8 Å². The monoisotopic (exact) mass is 404 g/mol. The van der Waals surface area contributed by atoms with Crippen molar-refractivity contribution in [2.45, 2.75) is 17.3 Å². The number of fused-ring (bicyclic) bond motifs is 1. The molecule has 0 aliphatic carbocycles. The number of thiophene rings is 2. The molecule has 0 fully saturated rings. The second kappa shape index (κ2) is 6.96. The van der Waals surface area contributed by atoms with E-state index in [1.807, 2.05) is 47.2 Å². The Morgan fingerprint density at radius 1 is 1.20 bits per heavy atom. The molecule has 0 amide bonds. The van der Waals surface area contributed by atoms with Gasteiger partial charge in [0.15, 0.2) is 5.16 Å². The van der Waals surface area contributed by atoms with Crippen LogP contribution in [0.2, 0.25) is 5.02 Å². The summed E-state index contributed by atoms with van der Waals surface area (Å²) in [7, 11) is 0. The van der Waals surface area contributed by atoms with Gasteiger partial charge in [0.05, 0.1) is 5.39 Å². The molecule has 126 valence electrons.